The van der Waals surface area contributed by atoms with E-state index in [1.807, 2.05) is 0 Å². The minimum absolute atomic E-state index is 0.0432. The zero-order valence-electron chi connectivity index (χ0n) is 6.73. The van der Waals surface area contributed by atoms with Crippen molar-refractivity contribution < 1.29 is 13.2 Å². The van der Waals surface area contributed by atoms with Crippen molar-refractivity contribution in [3.63, 3.8) is 0 Å². The highest BCUT2D eigenvalue weighted by Crippen LogP contribution is 2.33. The average molecular weight is 187 g/mol. The van der Waals surface area contributed by atoms with E-state index in [9.17, 15) is 13.2 Å². The number of halogens is 3. The van der Waals surface area contributed by atoms with Gasteiger partial charge in [-0.1, -0.05) is 18.7 Å². The lowest BCUT2D eigenvalue weighted by Crippen LogP contribution is -2.07. The van der Waals surface area contributed by atoms with E-state index in [1.54, 1.807) is 0 Å². The third-order valence-corrected chi connectivity index (χ3v) is 1.60. The number of hydrogen-bond donors (Lipinski definition) is 1. The van der Waals surface area contributed by atoms with Crippen LogP contribution < -0.4 is 5.73 Å². The minimum atomic E-state index is -4.38. The zero-order valence-corrected chi connectivity index (χ0v) is 6.73. The number of alkyl halides is 3. The lowest BCUT2D eigenvalue weighted by atomic mass is 10.1. The molecule has 1 nitrogen and oxygen atoms in total. The van der Waals surface area contributed by atoms with Crippen LogP contribution in [0.15, 0.2) is 24.8 Å². The number of nitrogen functional groups attached to an aromatic ring is 1. The molecule has 1 rings (SSSR count). The summed E-state index contributed by atoms with van der Waals surface area (Å²) in [4.78, 5) is 0. The molecule has 1 aromatic rings. The lowest BCUT2D eigenvalue weighted by Gasteiger charge is -2.10. The SMILES string of the molecule is C=Cc1ccc(N)cc1C(F)(F)F. The van der Waals surface area contributed by atoms with E-state index in [0.717, 1.165) is 12.1 Å². The van der Waals surface area contributed by atoms with Crippen molar-refractivity contribution in [1.82, 2.24) is 0 Å². The summed E-state index contributed by atoms with van der Waals surface area (Å²) in [5.41, 5.74) is 4.64. The third kappa shape index (κ3) is 2.02. The van der Waals surface area contributed by atoms with Gasteiger partial charge in [-0.15, -0.1) is 0 Å². The first-order valence-electron chi connectivity index (χ1n) is 3.54. The van der Waals surface area contributed by atoms with E-state index in [4.69, 9.17) is 5.73 Å². The fraction of sp³-hybridized carbons (Fsp3) is 0.111. The van der Waals surface area contributed by atoms with Crippen LogP contribution in [0.2, 0.25) is 0 Å². The number of benzene rings is 1. The molecule has 0 amide bonds. The predicted octanol–water partition coefficient (Wildman–Crippen LogP) is 2.93. The van der Waals surface area contributed by atoms with Crippen LogP contribution in [0.3, 0.4) is 0 Å². The van der Waals surface area contributed by atoms with Crippen molar-refractivity contribution in [2.75, 3.05) is 5.73 Å². The van der Waals surface area contributed by atoms with Gasteiger partial charge in [-0.25, -0.2) is 0 Å². The van der Waals surface area contributed by atoms with E-state index in [1.165, 1.54) is 12.1 Å². The Kier molecular flexibility index (Phi) is 2.32. The maximum Gasteiger partial charge on any atom is 0.417 e. The molecule has 0 bridgehead atoms. The largest absolute Gasteiger partial charge is 0.417 e. The van der Waals surface area contributed by atoms with Gasteiger partial charge in [0.1, 0.15) is 0 Å². The minimum Gasteiger partial charge on any atom is -0.399 e. The van der Waals surface area contributed by atoms with Crippen molar-refractivity contribution in [2.24, 2.45) is 0 Å². The Morgan fingerprint density at radius 1 is 1.31 bits per heavy atom. The standard InChI is InChI=1S/C9H8F3N/c1-2-6-3-4-7(13)5-8(6)9(10,11)12/h2-5H,1,13H2. The molecule has 0 saturated heterocycles. The van der Waals surface area contributed by atoms with Crippen LogP contribution in [0.25, 0.3) is 6.08 Å². The van der Waals surface area contributed by atoms with Crippen LogP contribution in [0.4, 0.5) is 18.9 Å². The van der Waals surface area contributed by atoms with Gasteiger partial charge < -0.3 is 5.73 Å². The van der Waals surface area contributed by atoms with E-state index in [2.05, 4.69) is 6.58 Å². The summed E-state index contributed by atoms with van der Waals surface area (Å²) in [5, 5.41) is 0. The van der Waals surface area contributed by atoms with Gasteiger partial charge in [-0.2, -0.15) is 13.2 Å². The van der Waals surface area contributed by atoms with E-state index < -0.39 is 11.7 Å². The molecule has 13 heavy (non-hydrogen) atoms. The first-order valence-corrected chi connectivity index (χ1v) is 3.54. The maximum absolute atomic E-state index is 12.3. The molecule has 0 radical (unpaired) electrons. The van der Waals surface area contributed by atoms with Gasteiger partial charge in [0.2, 0.25) is 0 Å². The Morgan fingerprint density at radius 3 is 2.38 bits per heavy atom. The molecule has 0 unspecified atom stereocenters. The molecule has 2 N–H and O–H groups in total. The molecule has 0 heterocycles. The molecule has 0 spiro atoms. The highest BCUT2D eigenvalue weighted by molar-refractivity contribution is 5.58. The molecule has 0 fully saturated rings. The van der Waals surface area contributed by atoms with Gasteiger partial charge in [-0.05, 0) is 17.7 Å². The van der Waals surface area contributed by atoms with E-state index in [-0.39, 0.29) is 11.3 Å². The first kappa shape index (κ1) is 9.64. The van der Waals surface area contributed by atoms with Crippen LogP contribution in [-0.4, -0.2) is 0 Å². The predicted molar refractivity (Wildman–Crippen MR) is 45.9 cm³/mol. The molecular formula is C9H8F3N. The van der Waals surface area contributed by atoms with Gasteiger partial charge in [0.05, 0.1) is 5.56 Å². The second-order valence-electron chi connectivity index (χ2n) is 2.55. The molecule has 70 valence electrons. The second-order valence-corrected chi connectivity index (χ2v) is 2.55. The molecular weight excluding hydrogens is 179 g/mol. The van der Waals surface area contributed by atoms with Gasteiger partial charge >= 0.3 is 6.18 Å². The molecule has 4 heteroatoms. The Balaban J connectivity index is 3.32. The highest BCUT2D eigenvalue weighted by Gasteiger charge is 2.32. The first-order chi connectivity index (χ1) is 5.95. The third-order valence-electron chi connectivity index (χ3n) is 1.60. The normalized spacial score (nSPS) is 11.3. The molecule has 0 aromatic heterocycles. The summed E-state index contributed by atoms with van der Waals surface area (Å²) >= 11 is 0. The highest BCUT2D eigenvalue weighted by atomic mass is 19.4. The summed E-state index contributed by atoms with van der Waals surface area (Å²) < 4.78 is 36.9. The number of anilines is 1. The summed E-state index contributed by atoms with van der Waals surface area (Å²) in [5.74, 6) is 0. The summed E-state index contributed by atoms with van der Waals surface area (Å²) in [6, 6.07) is 3.61. The van der Waals surface area contributed by atoms with Gasteiger partial charge in [0.25, 0.3) is 0 Å². The van der Waals surface area contributed by atoms with Crippen LogP contribution in [-0.2, 0) is 6.18 Å². The second kappa shape index (κ2) is 3.12. The van der Waals surface area contributed by atoms with Crippen LogP contribution in [0.5, 0.6) is 0 Å². The van der Waals surface area contributed by atoms with Gasteiger partial charge in [0, 0.05) is 5.69 Å². The number of rotatable bonds is 1. The van der Waals surface area contributed by atoms with E-state index in [0.29, 0.717) is 0 Å². The topological polar surface area (TPSA) is 26.0 Å². The smallest absolute Gasteiger partial charge is 0.399 e. The Hall–Kier alpha value is -1.45. The Labute approximate surface area is 73.7 Å². The van der Waals surface area contributed by atoms with Crippen molar-refractivity contribution in [3.8, 4) is 0 Å². The molecule has 0 saturated carbocycles. The summed E-state index contributed by atoms with van der Waals surface area (Å²) in [7, 11) is 0. The van der Waals surface area contributed by atoms with Gasteiger partial charge in [-0.3, -0.25) is 0 Å². The molecule has 0 atom stereocenters. The summed E-state index contributed by atoms with van der Waals surface area (Å²) in [6.07, 6.45) is -3.22. The van der Waals surface area contributed by atoms with E-state index >= 15 is 0 Å². The average Bonchev–Trinajstić information content (AvgIpc) is 2.03. The molecule has 1 aromatic carbocycles. The number of hydrogen-bond acceptors (Lipinski definition) is 1. The van der Waals surface area contributed by atoms with Crippen molar-refractivity contribution >= 4 is 11.8 Å². The fourth-order valence-electron chi connectivity index (χ4n) is 0.997. The van der Waals surface area contributed by atoms with Crippen molar-refractivity contribution in [2.45, 2.75) is 6.18 Å². The monoisotopic (exact) mass is 187 g/mol. The maximum atomic E-state index is 12.3. The lowest BCUT2D eigenvalue weighted by molar-refractivity contribution is -0.137. The zero-order chi connectivity index (χ0) is 10.1. The Morgan fingerprint density at radius 2 is 1.92 bits per heavy atom. The van der Waals surface area contributed by atoms with Crippen LogP contribution in [0, 0.1) is 0 Å². The van der Waals surface area contributed by atoms with Crippen molar-refractivity contribution in [3.05, 3.63) is 35.9 Å². The molecule has 0 aliphatic carbocycles. The fourth-order valence-corrected chi connectivity index (χ4v) is 0.997. The molecule has 0 aliphatic rings. The Bertz CT molecular complexity index is 328. The molecule has 0 aliphatic heterocycles. The van der Waals surface area contributed by atoms with Gasteiger partial charge in [0.15, 0.2) is 0 Å². The quantitative estimate of drug-likeness (QED) is 0.672. The van der Waals surface area contributed by atoms with Crippen molar-refractivity contribution in [1.29, 1.82) is 0 Å². The summed E-state index contributed by atoms with van der Waals surface area (Å²) in [6.45, 7) is 3.29. The van der Waals surface area contributed by atoms with Crippen LogP contribution in [0.1, 0.15) is 11.1 Å². The van der Waals surface area contributed by atoms with Crippen LogP contribution >= 0.6 is 0 Å². The number of nitrogens with two attached hydrogens (primary N) is 1.